The SMILES string of the molecule is C=CCc1cc(C=C2C(=O)NC(=O)N(C3CCCCC3)C2=O)cc(OCC)c1OCc1ccc(F)cc1. The fraction of sp³-hybridized carbons (Fsp3) is 0.345. The Balaban J connectivity index is 1.67. The molecule has 1 heterocycles. The number of urea groups is 1. The third-order valence-corrected chi connectivity index (χ3v) is 6.50. The van der Waals surface area contributed by atoms with E-state index in [1.165, 1.54) is 23.1 Å². The average molecular weight is 507 g/mol. The van der Waals surface area contributed by atoms with Gasteiger partial charge in [-0.25, -0.2) is 9.18 Å². The van der Waals surface area contributed by atoms with Crippen molar-refractivity contribution in [1.29, 1.82) is 0 Å². The van der Waals surface area contributed by atoms with Gasteiger partial charge in [-0.3, -0.25) is 19.8 Å². The van der Waals surface area contributed by atoms with Gasteiger partial charge in [0.15, 0.2) is 11.5 Å². The van der Waals surface area contributed by atoms with Crippen LogP contribution in [0.15, 0.2) is 54.6 Å². The number of hydrogen-bond acceptors (Lipinski definition) is 5. The molecular formula is C29H31FN2O5. The van der Waals surface area contributed by atoms with Crippen LogP contribution in [0.5, 0.6) is 11.5 Å². The monoisotopic (exact) mass is 506 g/mol. The van der Waals surface area contributed by atoms with Gasteiger partial charge in [0.2, 0.25) is 0 Å². The highest BCUT2D eigenvalue weighted by molar-refractivity contribution is 6.31. The lowest BCUT2D eigenvalue weighted by molar-refractivity contribution is -0.132. The van der Waals surface area contributed by atoms with Gasteiger partial charge in [-0.05, 0) is 67.7 Å². The largest absolute Gasteiger partial charge is 0.490 e. The molecule has 2 aromatic rings. The summed E-state index contributed by atoms with van der Waals surface area (Å²) in [6, 6.07) is 8.67. The van der Waals surface area contributed by atoms with Crippen LogP contribution >= 0.6 is 0 Å². The number of amides is 4. The number of carbonyl (C=O) groups is 3. The van der Waals surface area contributed by atoms with Crippen molar-refractivity contribution in [3.05, 3.63) is 77.1 Å². The Morgan fingerprint density at radius 2 is 1.81 bits per heavy atom. The number of hydrogen-bond donors (Lipinski definition) is 1. The zero-order valence-corrected chi connectivity index (χ0v) is 20.9. The number of allylic oxidation sites excluding steroid dienone is 1. The first-order chi connectivity index (χ1) is 17.9. The van der Waals surface area contributed by atoms with E-state index in [0.717, 1.165) is 43.2 Å². The normalized spacial score (nSPS) is 17.6. The molecule has 0 spiro atoms. The third kappa shape index (κ3) is 6.07. The minimum Gasteiger partial charge on any atom is -0.490 e. The van der Waals surface area contributed by atoms with Crippen molar-refractivity contribution in [3.8, 4) is 11.5 Å². The predicted molar refractivity (Wildman–Crippen MR) is 137 cm³/mol. The smallest absolute Gasteiger partial charge is 0.331 e. The highest BCUT2D eigenvalue weighted by Crippen LogP contribution is 2.36. The number of ether oxygens (including phenoxy) is 2. The number of carbonyl (C=O) groups excluding carboxylic acids is 3. The summed E-state index contributed by atoms with van der Waals surface area (Å²) in [5.74, 6) is -0.678. The summed E-state index contributed by atoms with van der Waals surface area (Å²) in [6.07, 6.45) is 8.07. The molecule has 1 saturated carbocycles. The van der Waals surface area contributed by atoms with Gasteiger partial charge < -0.3 is 9.47 Å². The molecule has 2 aliphatic rings. The molecular weight excluding hydrogens is 475 g/mol. The van der Waals surface area contributed by atoms with Crippen LogP contribution in [0.25, 0.3) is 6.08 Å². The van der Waals surface area contributed by atoms with E-state index in [4.69, 9.17) is 9.47 Å². The molecule has 4 amide bonds. The molecule has 8 heteroatoms. The van der Waals surface area contributed by atoms with Crippen LogP contribution in [0.1, 0.15) is 55.7 Å². The molecule has 0 radical (unpaired) electrons. The minimum atomic E-state index is -0.720. The summed E-state index contributed by atoms with van der Waals surface area (Å²) >= 11 is 0. The zero-order valence-electron chi connectivity index (χ0n) is 20.9. The van der Waals surface area contributed by atoms with Gasteiger partial charge in [-0.15, -0.1) is 6.58 Å². The van der Waals surface area contributed by atoms with Crippen molar-refractivity contribution in [2.45, 2.75) is 58.1 Å². The van der Waals surface area contributed by atoms with Crippen molar-refractivity contribution in [2.75, 3.05) is 6.61 Å². The Hall–Kier alpha value is -3.94. The molecule has 1 saturated heterocycles. The lowest BCUT2D eigenvalue weighted by Crippen LogP contribution is -2.58. The van der Waals surface area contributed by atoms with E-state index in [-0.39, 0.29) is 24.0 Å². The Kier molecular flexibility index (Phi) is 8.38. The van der Waals surface area contributed by atoms with E-state index in [9.17, 15) is 18.8 Å². The predicted octanol–water partition coefficient (Wildman–Crippen LogP) is 5.33. The lowest BCUT2D eigenvalue weighted by atomic mass is 9.93. The van der Waals surface area contributed by atoms with E-state index < -0.39 is 17.8 Å². The number of nitrogens with zero attached hydrogens (tertiary/aromatic N) is 1. The van der Waals surface area contributed by atoms with E-state index in [0.29, 0.717) is 30.1 Å². The third-order valence-electron chi connectivity index (χ3n) is 6.50. The maximum absolute atomic E-state index is 13.3. The number of imide groups is 2. The summed E-state index contributed by atoms with van der Waals surface area (Å²) in [5.41, 5.74) is 2.00. The molecule has 0 unspecified atom stereocenters. The maximum atomic E-state index is 13.3. The second kappa shape index (κ2) is 11.9. The van der Waals surface area contributed by atoms with Crippen molar-refractivity contribution in [2.24, 2.45) is 0 Å². The van der Waals surface area contributed by atoms with Crippen LogP contribution in [0.2, 0.25) is 0 Å². The van der Waals surface area contributed by atoms with E-state index in [2.05, 4.69) is 11.9 Å². The number of halogens is 1. The molecule has 2 fully saturated rings. The van der Waals surface area contributed by atoms with E-state index >= 15 is 0 Å². The van der Waals surface area contributed by atoms with E-state index in [1.54, 1.807) is 30.3 Å². The molecule has 1 aliphatic heterocycles. The van der Waals surface area contributed by atoms with Crippen LogP contribution < -0.4 is 14.8 Å². The first-order valence-electron chi connectivity index (χ1n) is 12.6. The molecule has 1 N–H and O–H groups in total. The first kappa shape index (κ1) is 26.1. The topological polar surface area (TPSA) is 84.9 Å². The van der Waals surface area contributed by atoms with Crippen molar-refractivity contribution in [1.82, 2.24) is 10.2 Å². The molecule has 0 atom stereocenters. The summed E-state index contributed by atoms with van der Waals surface area (Å²) in [4.78, 5) is 39.7. The Labute approximate surface area is 215 Å². The molecule has 2 aromatic carbocycles. The number of benzene rings is 2. The van der Waals surface area contributed by atoms with Crippen LogP contribution in [-0.4, -0.2) is 35.4 Å². The van der Waals surface area contributed by atoms with Gasteiger partial charge in [-0.2, -0.15) is 0 Å². The highest BCUT2D eigenvalue weighted by atomic mass is 19.1. The molecule has 0 bridgehead atoms. The summed E-state index contributed by atoms with van der Waals surface area (Å²) in [6.45, 7) is 6.23. The molecule has 0 aromatic heterocycles. The van der Waals surface area contributed by atoms with Crippen LogP contribution in [0.3, 0.4) is 0 Å². The summed E-state index contributed by atoms with van der Waals surface area (Å²) < 4.78 is 25.2. The Bertz CT molecular complexity index is 1220. The highest BCUT2D eigenvalue weighted by Gasteiger charge is 2.40. The standard InChI is InChI=1S/C29H31FN2O5/c1-3-8-21-15-20(17-25(36-4-2)26(21)37-18-19-11-13-22(30)14-12-19)16-24-27(33)31-29(35)32(28(24)34)23-9-6-5-7-10-23/h3,11-17,23H,1,4-10,18H2,2H3,(H,31,33,35). The number of rotatable bonds is 9. The van der Waals surface area contributed by atoms with Crippen LogP contribution in [0, 0.1) is 5.82 Å². The molecule has 37 heavy (non-hydrogen) atoms. The minimum absolute atomic E-state index is 0.0999. The second-order valence-corrected chi connectivity index (χ2v) is 9.13. The second-order valence-electron chi connectivity index (χ2n) is 9.13. The van der Waals surface area contributed by atoms with Crippen molar-refractivity contribution in [3.63, 3.8) is 0 Å². The fourth-order valence-electron chi connectivity index (χ4n) is 4.75. The van der Waals surface area contributed by atoms with Crippen LogP contribution in [-0.2, 0) is 22.6 Å². The van der Waals surface area contributed by atoms with Gasteiger partial charge in [0.25, 0.3) is 11.8 Å². The summed E-state index contributed by atoms with van der Waals surface area (Å²) in [5, 5.41) is 2.32. The fourth-order valence-corrected chi connectivity index (χ4v) is 4.75. The van der Waals surface area contributed by atoms with Crippen LogP contribution in [0.4, 0.5) is 9.18 Å². The van der Waals surface area contributed by atoms with Gasteiger partial charge >= 0.3 is 6.03 Å². The molecule has 4 rings (SSSR count). The summed E-state index contributed by atoms with van der Waals surface area (Å²) in [7, 11) is 0. The van der Waals surface area contributed by atoms with E-state index in [1.807, 2.05) is 6.92 Å². The average Bonchev–Trinajstić information content (AvgIpc) is 2.88. The quantitative estimate of drug-likeness (QED) is 0.282. The first-order valence-corrected chi connectivity index (χ1v) is 12.6. The van der Waals surface area contributed by atoms with Crippen molar-refractivity contribution < 1.29 is 28.2 Å². The van der Waals surface area contributed by atoms with Gasteiger partial charge in [-0.1, -0.05) is 37.5 Å². The molecule has 194 valence electrons. The van der Waals surface area contributed by atoms with Crippen molar-refractivity contribution >= 4 is 23.9 Å². The van der Waals surface area contributed by atoms with Gasteiger partial charge in [0.05, 0.1) is 6.61 Å². The number of barbiturate groups is 1. The zero-order chi connectivity index (χ0) is 26.4. The van der Waals surface area contributed by atoms with Gasteiger partial charge in [0, 0.05) is 11.6 Å². The van der Waals surface area contributed by atoms with Gasteiger partial charge in [0.1, 0.15) is 18.0 Å². The molecule has 7 nitrogen and oxygen atoms in total. The molecule has 1 aliphatic carbocycles. The Morgan fingerprint density at radius 1 is 1.08 bits per heavy atom. The number of nitrogens with one attached hydrogen (secondary N) is 1. The lowest BCUT2D eigenvalue weighted by Gasteiger charge is -2.35. The Morgan fingerprint density at radius 3 is 2.49 bits per heavy atom. The maximum Gasteiger partial charge on any atom is 0.331 e.